The lowest BCUT2D eigenvalue weighted by Crippen LogP contribution is -2.12. The van der Waals surface area contributed by atoms with E-state index in [9.17, 15) is 4.39 Å². The van der Waals surface area contributed by atoms with Crippen molar-refractivity contribution in [2.24, 2.45) is 5.73 Å². The lowest BCUT2D eigenvalue weighted by molar-refractivity contribution is 0.124. The Bertz CT molecular complexity index is 555. The van der Waals surface area contributed by atoms with Gasteiger partial charge in [-0.1, -0.05) is 24.4 Å². The van der Waals surface area contributed by atoms with E-state index in [0.717, 1.165) is 12.0 Å². The van der Waals surface area contributed by atoms with Gasteiger partial charge in [0.15, 0.2) is 0 Å². The molecule has 1 aromatic carbocycles. The van der Waals surface area contributed by atoms with Gasteiger partial charge in [0.05, 0.1) is 13.2 Å². The number of hydrogen-bond donors (Lipinski definition) is 1. The third-order valence-corrected chi connectivity index (χ3v) is 3.79. The van der Waals surface area contributed by atoms with E-state index in [4.69, 9.17) is 22.7 Å². The van der Waals surface area contributed by atoms with Gasteiger partial charge in [0.25, 0.3) is 0 Å². The highest BCUT2D eigenvalue weighted by Gasteiger charge is 2.06. The third-order valence-electron chi connectivity index (χ3n) is 2.64. The Morgan fingerprint density at radius 3 is 2.89 bits per heavy atom. The van der Waals surface area contributed by atoms with E-state index < -0.39 is 5.82 Å². The van der Waals surface area contributed by atoms with Crippen LogP contribution in [0.25, 0.3) is 0 Å². The van der Waals surface area contributed by atoms with Crippen LogP contribution in [0.1, 0.15) is 16.0 Å². The summed E-state index contributed by atoms with van der Waals surface area (Å²) in [6, 6.07) is 8.79. The SMILES string of the molecule is NC(=S)c1cc(COCCc2cccs2)ccc1F. The van der Waals surface area contributed by atoms with Gasteiger partial charge in [-0.05, 0) is 29.1 Å². The highest BCUT2D eigenvalue weighted by Crippen LogP contribution is 2.13. The van der Waals surface area contributed by atoms with Gasteiger partial charge in [-0.25, -0.2) is 4.39 Å². The molecule has 2 aromatic rings. The van der Waals surface area contributed by atoms with Crippen LogP contribution >= 0.6 is 23.6 Å². The van der Waals surface area contributed by atoms with Crippen molar-refractivity contribution in [2.75, 3.05) is 6.61 Å². The Morgan fingerprint density at radius 1 is 1.37 bits per heavy atom. The Balaban J connectivity index is 1.86. The van der Waals surface area contributed by atoms with Crippen molar-refractivity contribution in [3.8, 4) is 0 Å². The molecule has 0 atom stereocenters. The van der Waals surface area contributed by atoms with Crippen molar-refractivity contribution >= 4 is 28.5 Å². The predicted octanol–water partition coefficient (Wildman–Crippen LogP) is 3.28. The summed E-state index contributed by atoms with van der Waals surface area (Å²) < 4.78 is 19.0. The molecule has 0 saturated heterocycles. The minimum atomic E-state index is -0.394. The van der Waals surface area contributed by atoms with Crippen molar-refractivity contribution < 1.29 is 9.13 Å². The van der Waals surface area contributed by atoms with Crippen LogP contribution in [0, 0.1) is 5.82 Å². The van der Waals surface area contributed by atoms with Gasteiger partial charge in [-0.2, -0.15) is 0 Å². The molecule has 2 rings (SSSR count). The molecule has 5 heteroatoms. The minimum Gasteiger partial charge on any atom is -0.389 e. The summed E-state index contributed by atoms with van der Waals surface area (Å²) in [5.41, 5.74) is 6.60. The highest BCUT2D eigenvalue weighted by atomic mass is 32.1. The van der Waals surface area contributed by atoms with Crippen LogP contribution in [0.2, 0.25) is 0 Å². The molecule has 1 heterocycles. The quantitative estimate of drug-likeness (QED) is 0.656. The fourth-order valence-electron chi connectivity index (χ4n) is 1.67. The van der Waals surface area contributed by atoms with Gasteiger partial charge in [0.1, 0.15) is 10.8 Å². The molecule has 1 aromatic heterocycles. The Morgan fingerprint density at radius 2 is 2.21 bits per heavy atom. The third kappa shape index (κ3) is 4.09. The number of ether oxygens (including phenoxy) is 1. The van der Waals surface area contributed by atoms with Crippen LogP contribution in [0.5, 0.6) is 0 Å². The number of halogens is 1. The molecule has 0 aliphatic heterocycles. The molecule has 0 saturated carbocycles. The van der Waals surface area contributed by atoms with Gasteiger partial charge < -0.3 is 10.5 Å². The fraction of sp³-hybridized carbons (Fsp3) is 0.214. The minimum absolute atomic E-state index is 0.0675. The van der Waals surface area contributed by atoms with Gasteiger partial charge in [0, 0.05) is 16.9 Å². The first-order valence-electron chi connectivity index (χ1n) is 5.85. The van der Waals surface area contributed by atoms with Crippen molar-refractivity contribution in [1.82, 2.24) is 0 Å². The molecule has 0 aliphatic rings. The largest absolute Gasteiger partial charge is 0.389 e. The number of nitrogens with two attached hydrogens (primary N) is 1. The summed E-state index contributed by atoms with van der Waals surface area (Å²) >= 11 is 6.51. The average molecular weight is 295 g/mol. The monoisotopic (exact) mass is 295 g/mol. The zero-order valence-electron chi connectivity index (χ0n) is 10.3. The molecule has 0 radical (unpaired) electrons. The first kappa shape index (κ1) is 14.1. The van der Waals surface area contributed by atoms with Crippen molar-refractivity contribution in [2.45, 2.75) is 13.0 Å². The molecule has 0 spiro atoms. The summed E-state index contributed by atoms with van der Waals surface area (Å²) in [4.78, 5) is 1.36. The first-order valence-corrected chi connectivity index (χ1v) is 7.14. The second-order valence-electron chi connectivity index (χ2n) is 4.06. The lowest BCUT2D eigenvalue weighted by Gasteiger charge is -2.06. The van der Waals surface area contributed by atoms with E-state index in [1.54, 1.807) is 23.5 Å². The number of hydrogen-bond acceptors (Lipinski definition) is 3. The summed E-state index contributed by atoms with van der Waals surface area (Å²) in [5, 5.41) is 2.05. The zero-order chi connectivity index (χ0) is 13.7. The molecule has 19 heavy (non-hydrogen) atoms. The maximum Gasteiger partial charge on any atom is 0.133 e. The number of rotatable bonds is 6. The van der Waals surface area contributed by atoms with E-state index in [2.05, 4.69) is 6.07 Å². The maximum absolute atomic E-state index is 13.4. The van der Waals surface area contributed by atoms with Crippen molar-refractivity contribution in [3.05, 3.63) is 57.5 Å². The number of thiophene rings is 1. The highest BCUT2D eigenvalue weighted by molar-refractivity contribution is 7.80. The molecule has 0 fully saturated rings. The Hall–Kier alpha value is -1.30. The van der Waals surface area contributed by atoms with E-state index >= 15 is 0 Å². The van der Waals surface area contributed by atoms with Crippen molar-refractivity contribution in [1.29, 1.82) is 0 Å². The van der Waals surface area contributed by atoms with E-state index in [0.29, 0.717) is 13.2 Å². The second kappa shape index (κ2) is 6.75. The van der Waals surface area contributed by atoms with Crippen LogP contribution in [-0.2, 0) is 17.8 Å². The molecular formula is C14H14FNOS2. The molecule has 0 amide bonds. The second-order valence-corrected chi connectivity index (χ2v) is 5.53. The van der Waals surface area contributed by atoms with Gasteiger partial charge in [-0.3, -0.25) is 0 Å². The molecule has 2 nitrogen and oxygen atoms in total. The normalized spacial score (nSPS) is 10.6. The van der Waals surface area contributed by atoms with Crippen LogP contribution in [0.3, 0.4) is 0 Å². The van der Waals surface area contributed by atoms with Crippen molar-refractivity contribution in [3.63, 3.8) is 0 Å². The van der Waals surface area contributed by atoms with Crippen LogP contribution in [0.4, 0.5) is 4.39 Å². The summed E-state index contributed by atoms with van der Waals surface area (Å²) in [7, 11) is 0. The number of thiocarbonyl (C=S) groups is 1. The predicted molar refractivity (Wildman–Crippen MR) is 80.0 cm³/mol. The fourth-order valence-corrected chi connectivity index (χ4v) is 2.52. The maximum atomic E-state index is 13.4. The van der Waals surface area contributed by atoms with Gasteiger partial charge in [-0.15, -0.1) is 11.3 Å². The standard InChI is InChI=1S/C14H14FNOS2/c15-13-4-3-10(8-12(13)14(16)18)9-17-6-5-11-2-1-7-19-11/h1-4,7-8H,5-6,9H2,(H2,16,18). The Kier molecular flexibility index (Phi) is 5.01. The van der Waals surface area contributed by atoms with E-state index in [1.165, 1.54) is 10.9 Å². The first-order chi connectivity index (χ1) is 9.16. The zero-order valence-corrected chi connectivity index (χ0v) is 11.9. The average Bonchev–Trinajstić information content (AvgIpc) is 2.89. The summed E-state index contributed by atoms with van der Waals surface area (Å²) in [6.45, 7) is 1.07. The topological polar surface area (TPSA) is 35.2 Å². The molecule has 0 aliphatic carbocycles. The molecule has 2 N–H and O–H groups in total. The summed E-state index contributed by atoms with van der Waals surface area (Å²) in [6.07, 6.45) is 0.890. The Labute approximate surface area is 121 Å². The van der Waals surface area contributed by atoms with E-state index in [-0.39, 0.29) is 10.6 Å². The lowest BCUT2D eigenvalue weighted by atomic mass is 10.1. The molecule has 0 bridgehead atoms. The van der Waals surface area contributed by atoms with Crippen LogP contribution in [-0.4, -0.2) is 11.6 Å². The van der Waals surface area contributed by atoms with Gasteiger partial charge >= 0.3 is 0 Å². The number of benzene rings is 1. The van der Waals surface area contributed by atoms with Crippen LogP contribution in [0.15, 0.2) is 35.7 Å². The molecule has 100 valence electrons. The van der Waals surface area contributed by atoms with Crippen LogP contribution < -0.4 is 5.73 Å². The molecular weight excluding hydrogens is 281 g/mol. The van der Waals surface area contributed by atoms with E-state index in [1.807, 2.05) is 11.4 Å². The molecule has 0 unspecified atom stereocenters. The van der Waals surface area contributed by atoms with Gasteiger partial charge in [0.2, 0.25) is 0 Å². The smallest absolute Gasteiger partial charge is 0.133 e. The summed E-state index contributed by atoms with van der Waals surface area (Å²) in [5.74, 6) is -0.394.